The van der Waals surface area contributed by atoms with Crippen LogP contribution >= 0.6 is 11.6 Å². The topological polar surface area (TPSA) is 115 Å². The highest BCUT2D eigenvalue weighted by Crippen LogP contribution is 2.31. The van der Waals surface area contributed by atoms with Crippen LogP contribution in [0.4, 0.5) is 5.82 Å². The molecule has 1 unspecified atom stereocenters. The molecule has 9 nitrogen and oxygen atoms in total. The van der Waals surface area contributed by atoms with E-state index in [0.29, 0.717) is 39.9 Å². The number of piperidine rings is 2. The van der Waals surface area contributed by atoms with Gasteiger partial charge in [0, 0.05) is 44.3 Å². The summed E-state index contributed by atoms with van der Waals surface area (Å²) in [6.07, 6.45) is 4.87. The first-order valence-corrected chi connectivity index (χ1v) is 14.9. The number of carbonyl (C=O) groups excluding carboxylic acids is 1. The number of nitrogens with zero attached hydrogens (tertiary/aromatic N) is 5. The summed E-state index contributed by atoms with van der Waals surface area (Å²) in [5.41, 5.74) is 0.762. The Morgan fingerprint density at radius 3 is 2.35 bits per heavy atom. The number of hydrogen-bond donors (Lipinski definition) is 2. The number of ether oxygens (including phenoxy) is 1. The Morgan fingerprint density at radius 1 is 1.05 bits per heavy atom. The van der Waals surface area contributed by atoms with Crippen molar-refractivity contribution in [3.8, 4) is 11.8 Å². The molecule has 2 N–H and O–H groups in total. The van der Waals surface area contributed by atoms with Crippen molar-refractivity contribution in [3.63, 3.8) is 0 Å². The third-order valence-electron chi connectivity index (χ3n) is 8.68. The molecule has 1 saturated carbocycles. The van der Waals surface area contributed by atoms with Gasteiger partial charge in [-0.15, -0.1) is 10.2 Å². The van der Waals surface area contributed by atoms with E-state index in [1.165, 1.54) is 0 Å². The first kappa shape index (κ1) is 28.6. The van der Waals surface area contributed by atoms with E-state index < -0.39 is 0 Å². The van der Waals surface area contributed by atoms with Gasteiger partial charge in [0.1, 0.15) is 11.8 Å². The second-order valence-corrected chi connectivity index (χ2v) is 12.1. The summed E-state index contributed by atoms with van der Waals surface area (Å²) in [4.78, 5) is 17.7. The summed E-state index contributed by atoms with van der Waals surface area (Å²) >= 11 is 6.12. The molecule has 1 aliphatic carbocycles. The van der Waals surface area contributed by atoms with Crippen molar-refractivity contribution in [1.82, 2.24) is 20.4 Å². The molecule has 1 amide bonds. The predicted molar refractivity (Wildman–Crippen MR) is 153 cm³/mol. The number of rotatable bonds is 6. The fourth-order valence-electron chi connectivity index (χ4n) is 6.69. The first-order chi connectivity index (χ1) is 19.3. The molecule has 2 saturated heterocycles. The van der Waals surface area contributed by atoms with E-state index in [1.807, 2.05) is 6.07 Å². The van der Waals surface area contributed by atoms with Gasteiger partial charge in [-0.3, -0.25) is 9.69 Å². The van der Waals surface area contributed by atoms with E-state index >= 15 is 0 Å². The zero-order chi connectivity index (χ0) is 28.2. The van der Waals surface area contributed by atoms with Crippen LogP contribution in [-0.4, -0.2) is 76.6 Å². The lowest BCUT2D eigenvalue weighted by atomic mass is 9.83. The summed E-state index contributed by atoms with van der Waals surface area (Å²) in [5, 5.41) is 31.1. The Kier molecular flexibility index (Phi) is 9.09. The Bertz CT molecular complexity index is 1190. The second-order valence-electron chi connectivity index (χ2n) is 11.7. The number of aliphatic hydroxyl groups excluding tert-OH is 1. The third-order valence-corrected chi connectivity index (χ3v) is 9.00. The minimum Gasteiger partial charge on any atom is -0.490 e. The minimum absolute atomic E-state index is 0.0478. The number of likely N-dealkylation sites (tertiary alicyclic amines) is 1. The summed E-state index contributed by atoms with van der Waals surface area (Å²) < 4.78 is 6.06. The summed E-state index contributed by atoms with van der Waals surface area (Å²) in [6, 6.07) is 11.4. The summed E-state index contributed by atoms with van der Waals surface area (Å²) in [6.45, 7) is 8.32. The van der Waals surface area contributed by atoms with Gasteiger partial charge in [0.15, 0.2) is 11.5 Å². The number of nitriles is 1. The molecule has 0 spiro atoms. The van der Waals surface area contributed by atoms with Crippen LogP contribution in [0.3, 0.4) is 0 Å². The number of amides is 1. The molecule has 2 aliphatic heterocycles. The number of nitrogens with one attached hydrogen (secondary N) is 1. The average Bonchev–Trinajstić information content (AvgIpc) is 2.95. The van der Waals surface area contributed by atoms with Gasteiger partial charge < -0.3 is 20.1 Å². The number of hydrogen-bond acceptors (Lipinski definition) is 8. The molecular formula is C30H39ClN6O3. The number of carbonyl (C=O) groups is 1. The molecule has 0 radical (unpaired) electrons. The zero-order valence-corrected chi connectivity index (χ0v) is 24.1. The fourth-order valence-corrected chi connectivity index (χ4v) is 6.90. The van der Waals surface area contributed by atoms with Crippen LogP contribution in [-0.2, 0) is 0 Å². The van der Waals surface area contributed by atoms with Gasteiger partial charge in [-0.2, -0.15) is 5.26 Å². The van der Waals surface area contributed by atoms with Gasteiger partial charge in [0.05, 0.1) is 22.8 Å². The molecule has 3 fully saturated rings. The lowest BCUT2D eigenvalue weighted by molar-refractivity contribution is 0.0219. The largest absolute Gasteiger partial charge is 0.490 e. The molecule has 3 aliphatic rings. The maximum atomic E-state index is 12.9. The molecule has 3 atom stereocenters. The van der Waals surface area contributed by atoms with Crippen LogP contribution in [0.25, 0.3) is 0 Å². The summed E-state index contributed by atoms with van der Waals surface area (Å²) in [7, 11) is 0. The van der Waals surface area contributed by atoms with Crippen molar-refractivity contribution in [2.24, 2.45) is 11.8 Å². The van der Waals surface area contributed by atoms with Crippen molar-refractivity contribution in [1.29, 1.82) is 5.26 Å². The van der Waals surface area contributed by atoms with Crippen LogP contribution < -0.4 is 15.0 Å². The standard InChI is InChI=1S/C30H39ClN6O3/c1-19-17-37(18-20(2)29(19)36-13-11-23(38)12-14-36)28-10-9-27(34-35-28)30(39)33-22-4-7-24(8-5-22)40-25-6-3-21(16-32)26(31)15-25/h3,6,9-10,15,19-20,22-24,29,38H,4-5,7-8,11-14,17-18H2,1-2H3,(H,33,39)/t19-,20+,22?,24?,29?. The maximum absolute atomic E-state index is 12.9. The Balaban J connectivity index is 1.09. The first-order valence-electron chi connectivity index (χ1n) is 14.5. The van der Waals surface area contributed by atoms with Crippen LogP contribution in [0.2, 0.25) is 5.02 Å². The maximum Gasteiger partial charge on any atom is 0.272 e. The van der Waals surface area contributed by atoms with E-state index in [0.717, 1.165) is 70.5 Å². The molecule has 0 bridgehead atoms. The van der Waals surface area contributed by atoms with Crippen LogP contribution in [0.5, 0.6) is 5.75 Å². The molecule has 2 aromatic rings. The number of anilines is 1. The zero-order valence-electron chi connectivity index (χ0n) is 23.3. The Labute approximate surface area is 241 Å². The molecule has 1 aromatic carbocycles. The number of halogens is 1. The van der Waals surface area contributed by atoms with Crippen molar-refractivity contribution in [3.05, 3.63) is 46.6 Å². The smallest absolute Gasteiger partial charge is 0.272 e. The normalized spacial score (nSPS) is 28.1. The molecule has 1 aromatic heterocycles. The molecular weight excluding hydrogens is 528 g/mol. The van der Waals surface area contributed by atoms with E-state index in [2.05, 4.69) is 45.2 Å². The quantitative estimate of drug-likeness (QED) is 0.538. The van der Waals surface area contributed by atoms with Gasteiger partial charge >= 0.3 is 0 Å². The van der Waals surface area contributed by atoms with Gasteiger partial charge in [-0.25, -0.2) is 0 Å². The van der Waals surface area contributed by atoms with E-state index in [1.54, 1.807) is 24.3 Å². The second kappa shape index (κ2) is 12.7. The predicted octanol–water partition coefficient (Wildman–Crippen LogP) is 4.04. The highest BCUT2D eigenvalue weighted by Gasteiger charge is 2.37. The van der Waals surface area contributed by atoms with Crippen molar-refractivity contribution >= 4 is 23.3 Å². The van der Waals surface area contributed by atoms with Gasteiger partial charge in [-0.1, -0.05) is 25.4 Å². The number of benzene rings is 1. The third kappa shape index (κ3) is 6.68. The van der Waals surface area contributed by atoms with Gasteiger partial charge in [-0.05, 0) is 74.6 Å². The molecule has 5 rings (SSSR count). The van der Waals surface area contributed by atoms with Gasteiger partial charge in [0.25, 0.3) is 5.91 Å². The number of aliphatic hydroxyl groups is 1. The average molecular weight is 567 g/mol. The van der Waals surface area contributed by atoms with Gasteiger partial charge in [0.2, 0.25) is 0 Å². The molecule has 40 heavy (non-hydrogen) atoms. The SMILES string of the molecule is C[C@@H]1CN(c2ccc(C(=O)NC3CCC(Oc4ccc(C#N)c(Cl)c4)CC3)nn2)C[C@H](C)C1N1CCC(O)CC1. The Hall–Kier alpha value is -2.93. The van der Waals surface area contributed by atoms with Crippen LogP contribution in [0, 0.1) is 23.2 Å². The monoisotopic (exact) mass is 566 g/mol. The number of aromatic nitrogens is 2. The van der Waals surface area contributed by atoms with Crippen LogP contribution in [0.15, 0.2) is 30.3 Å². The van der Waals surface area contributed by atoms with Crippen molar-refractivity contribution < 1.29 is 14.6 Å². The lowest BCUT2D eigenvalue weighted by Crippen LogP contribution is -2.57. The Morgan fingerprint density at radius 2 is 1.75 bits per heavy atom. The van der Waals surface area contributed by atoms with E-state index in [9.17, 15) is 9.90 Å². The van der Waals surface area contributed by atoms with E-state index in [4.69, 9.17) is 21.6 Å². The van der Waals surface area contributed by atoms with Crippen molar-refractivity contribution in [2.75, 3.05) is 31.1 Å². The van der Waals surface area contributed by atoms with Crippen LogP contribution in [0.1, 0.15) is 68.4 Å². The van der Waals surface area contributed by atoms with E-state index in [-0.39, 0.29) is 24.2 Å². The highest BCUT2D eigenvalue weighted by molar-refractivity contribution is 6.31. The van der Waals surface area contributed by atoms with Crippen molar-refractivity contribution in [2.45, 2.75) is 76.7 Å². The fraction of sp³-hybridized carbons (Fsp3) is 0.600. The lowest BCUT2D eigenvalue weighted by Gasteiger charge is -2.48. The minimum atomic E-state index is -0.199. The molecule has 214 valence electrons. The highest BCUT2D eigenvalue weighted by atomic mass is 35.5. The summed E-state index contributed by atoms with van der Waals surface area (Å²) in [5.74, 6) is 2.21. The molecule has 3 heterocycles. The molecule has 10 heteroatoms.